The molecule has 0 aliphatic rings. The number of carbonyl (C=O) groups is 1. The van der Waals surface area contributed by atoms with Crippen LogP contribution in [0, 0.1) is 0 Å². The highest BCUT2D eigenvalue weighted by molar-refractivity contribution is 5.98. The molecular weight excluding hydrogens is 268 g/mol. The Morgan fingerprint density at radius 2 is 2.29 bits per heavy atom. The van der Waals surface area contributed by atoms with Gasteiger partial charge in [-0.3, -0.25) is 4.79 Å². The Morgan fingerprint density at radius 3 is 3.05 bits per heavy atom. The molecule has 1 amide bonds. The van der Waals surface area contributed by atoms with Gasteiger partial charge in [0.15, 0.2) is 0 Å². The number of benzene rings is 1. The van der Waals surface area contributed by atoms with Crippen molar-refractivity contribution in [3.63, 3.8) is 0 Å². The average molecular weight is 284 g/mol. The molecule has 2 heterocycles. The van der Waals surface area contributed by atoms with Gasteiger partial charge in [0.05, 0.1) is 12.7 Å². The van der Waals surface area contributed by atoms with Crippen LogP contribution >= 0.6 is 0 Å². The molecule has 0 fully saturated rings. The Hall–Kier alpha value is -2.76. The number of nitrogens with one attached hydrogen (secondary N) is 2. The van der Waals surface area contributed by atoms with Gasteiger partial charge in [0.2, 0.25) is 5.89 Å². The summed E-state index contributed by atoms with van der Waals surface area (Å²) in [5.74, 6) is 1.10. The molecule has 108 valence electrons. The topological polar surface area (TPSA) is 96.9 Å². The third-order valence-corrected chi connectivity index (χ3v) is 3.24. The molecule has 6 nitrogen and oxygen atoms in total. The van der Waals surface area contributed by atoms with Gasteiger partial charge in [-0.2, -0.15) is 0 Å². The van der Waals surface area contributed by atoms with Crippen LogP contribution in [0.15, 0.2) is 34.9 Å². The van der Waals surface area contributed by atoms with Crippen LogP contribution in [-0.2, 0) is 13.0 Å². The number of fused-ring (bicyclic) bond motifs is 1. The Balaban J connectivity index is 1.71. The maximum absolute atomic E-state index is 12.1. The van der Waals surface area contributed by atoms with Crippen molar-refractivity contribution in [1.82, 2.24) is 15.3 Å². The molecule has 0 saturated heterocycles. The highest BCUT2D eigenvalue weighted by Gasteiger charge is 2.11. The van der Waals surface area contributed by atoms with Crippen molar-refractivity contribution in [3.05, 3.63) is 47.8 Å². The number of nitrogens with zero attached hydrogens (tertiary/aromatic N) is 1. The number of nitrogen functional groups attached to an aromatic ring is 1. The lowest BCUT2D eigenvalue weighted by Crippen LogP contribution is -2.23. The smallest absolute Gasteiger partial charge is 0.268 e. The van der Waals surface area contributed by atoms with Crippen LogP contribution in [0.4, 0.5) is 5.69 Å². The minimum atomic E-state index is -0.207. The number of hydrogen-bond acceptors (Lipinski definition) is 4. The van der Waals surface area contributed by atoms with Gasteiger partial charge in [-0.25, -0.2) is 4.98 Å². The number of aromatic amines is 1. The highest BCUT2D eigenvalue weighted by atomic mass is 16.4. The molecule has 3 aromatic rings. The molecule has 2 aromatic heterocycles. The van der Waals surface area contributed by atoms with E-state index in [9.17, 15) is 4.79 Å². The van der Waals surface area contributed by atoms with E-state index < -0.39 is 0 Å². The molecule has 0 spiro atoms. The highest BCUT2D eigenvalue weighted by Crippen LogP contribution is 2.18. The van der Waals surface area contributed by atoms with Crippen LogP contribution in [-0.4, -0.2) is 15.9 Å². The second kappa shape index (κ2) is 5.32. The van der Waals surface area contributed by atoms with Crippen LogP contribution in [0.1, 0.15) is 29.1 Å². The maximum atomic E-state index is 12.1. The molecule has 0 saturated carbocycles. The Bertz CT molecular complexity index is 788. The van der Waals surface area contributed by atoms with Gasteiger partial charge < -0.3 is 20.5 Å². The van der Waals surface area contributed by atoms with E-state index in [2.05, 4.69) is 15.3 Å². The number of aryl methyl sites for hydroxylation is 1. The van der Waals surface area contributed by atoms with Crippen LogP contribution in [0.3, 0.4) is 0 Å². The summed E-state index contributed by atoms with van der Waals surface area (Å²) in [5, 5.41) is 3.68. The second-order valence-corrected chi connectivity index (χ2v) is 4.79. The summed E-state index contributed by atoms with van der Waals surface area (Å²) in [6.07, 6.45) is 2.46. The summed E-state index contributed by atoms with van der Waals surface area (Å²) in [4.78, 5) is 19.3. The fourth-order valence-corrected chi connectivity index (χ4v) is 2.12. The zero-order valence-corrected chi connectivity index (χ0v) is 11.6. The van der Waals surface area contributed by atoms with E-state index in [1.807, 2.05) is 19.1 Å². The molecule has 0 aliphatic heterocycles. The largest absolute Gasteiger partial charge is 0.444 e. The predicted octanol–water partition coefficient (Wildman–Crippen LogP) is 2.23. The van der Waals surface area contributed by atoms with Crippen LogP contribution < -0.4 is 11.1 Å². The first-order chi connectivity index (χ1) is 10.2. The summed E-state index contributed by atoms with van der Waals surface area (Å²) in [7, 11) is 0. The molecule has 6 heteroatoms. The Morgan fingerprint density at radius 1 is 1.43 bits per heavy atom. The number of rotatable bonds is 4. The minimum Gasteiger partial charge on any atom is -0.444 e. The number of aromatic nitrogens is 2. The first kappa shape index (κ1) is 13.2. The van der Waals surface area contributed by atoms with Gasteiger partial charge in [-0.1, -0.05) is 6.92 Å². The van der Waals surface area contributed by atoms with E-state index in [-0.39, 0.29) is 12.5 Å². The Labute approximate surface area is 121 Å². The van der Waals surface area contributed by atoms with Gasteiger partial charge in [-0.15, -0.1) is 0 Å². The van der Waals surface area contributed by atoms with Crippen LogP contribution in [0.25, 0.3) is 10.9 Å². The molecule has 4 N–H and O–H groups in total. The number of hydrogen-bond donors (Lipinski definition) is 3. The zero-order valence-electron chi connectivity index (χ0n) is 11.6. The first-order valence-corrected chi connectivity index (χ1v) is 6.75. The number of oxazole rings is 1. The lowest BCUT2D eigenvalue weighted by atomic mass is 10.2. The van der Waals surface area contributed by atoms with Crippen molar-refractivity contribution in [2.24, 2.45) is 0 Å². The van der Waals surface area contributed by atoms with Gasteiger partial charge in [-0.05, 0) is 24.3 Å². The van der Waals surface area contributed by atoms with Crippen molar-refractivity contribution < 1.29 is 9.21 Å². The zero-order chi connectivity index (χ0) is 14.8. The molecule has 0 unspecified atom stereocenters. The van der Waals surface area contributed by atoms with E-state index in [0.717, 1.165) is 23.1 Å². The number of amides is 1. The van der Waals surface area contributed by atoms with Gasteiger partial charge >= 0.3 is 0 Å². The fraction of sp³-hybridized carbons (Fsp3) is 0.200. The van der Waals surface area contributed by atoms with Crippen molar-refractivity contribution >= 4 is 22.5 Å². The fourth-order valence-electron chi connectivity index (χ4n) is 2.12. The van der Waals surface area contributed by atoms with E-state index in [4.69, 9.17) is 10.2 Å². The predicted molar refractivity (Wildman–Crippen MR) is 79.8 cm³/mol. The third-order valence-electron chi connectivity index (χ3n) is 3.24. The molecular formula is C15H16N4O2. The van der Waals surface area contributed by atoms with Crippen molar-refractivity contribution in [2.75, 3.05) is 5.73 Å². The minimum absolute atomic E-state index is 0.207. The standard InChI is InChI=1S/C15H16N4O2/c1-2-11-7-17-14(21-11)8-18-15(20)13-6-9-5-10(16)3-4-12(9)19-13/h3-7,19H,2,8,16H2,1H3,(H,18,20). The van der Waals surface area contributed by atoms with E-state index in [1.165, 1.54) is 0 Å². The molecule has 0 atom stereocenters. The lowest BCUT2D eigenvalue weighted by Gasteiger charge is -1.99. The molecule has 0 radical (unpaired) electrons. The second-order valence-electron chi connectivity index (χ2n) is 4.79. The summed E-state index contributed by atoms with van der Waals surface area (Å²) in [5.41, 5.74) is 7.75. The quantitative estimate of drug-likeness (QED) is 0.640. The van der Waals surface area contributed by atoms with Crippen molar-refractivity contribution in [2.45, 2.75) is 19.9 Å². The lowest BCUT2D eigenvalue weighted by molar-refractivity contribution is 0.0943. The van der Waals surface area contributed by atoms with E-state index in [1.54, 1.807) is 18.3 Å². The first-order valence-electron chi connectivity index (χ1n) is 6.75. The maximum Gasteiger partial charge on any atom is 0.268 e. The number of H-pyrrole nitrogens is 1. The Kier molecular flexibility index (Phi) is 3.35. The summed E-state index contributed by atoms with van der Waals surface area (Å²) < 4.78 is 5.44. The molecule has 1 aromatic carbocycles. The number of carbonyl (C=O) groups excluding carboxylic acids is 1. The van der Waals surface area contributed by atoms with Gasteiger partial charge in [0, 0.05) is 23.0 Å². The SMILES string of the molecule is CCc1cnc(CNC(=O)c2cc3cc(N)ccc3[nH]2)o1. The van der Waals surface area contributed by atoms with E-state index >= 15 is 0 Å². The molecule has 21 heavy (non-hydrogen) atoms. The molecule has 0 aliphatic carbocycles. The molecule has 0 bridgehead atoms. The van der Waals surface area contributed by atoms with Gasteiger partial charge in [0.25, 0.3) is 5.91 Å². The summed E-state index contributed by atoms with van der Waals surface area (Å²) >= 11 is 0. The number of anilines is 1. The monoisotopic (exact) mass is 284 g/mol. The van der Waals surface area contributed by atoms with Crippen LogP contribution in [0.5, 0.6) is 0 Å². The summed E-state index contributed by atoms with van der Waals surface area (Å²) in [6, 6.07) is 7.24. The average Bonchev–Trinajstić information content (AvgIpc) is 3.10. The summed E-state index contributed by atoms with van der Waals surface area (Å²) in [6.45, 7) is 2.25. The normalized spacial score (nSPS) is 10.9. The van der Waals surface area contributed by atoms with Gasteiger partial charge in [0.1, 0.15) is 11.5 Å². The van der Waals surface area contributed by atoms with Crippen molar-refractivity contribution in [1.29, 1.82) is 0 Å². The molecule has 3 rings (SSSR count). The third kappa shape index (κ3) is 2.74. The van der Waals surface area contributed by atoms with E-state index in [0.29, 0.717) is 17.3 Å². The van der Waals surface area contributed by atoms with Crippen molar-refractivity contribution in [3.8, 4) is 0 Å². The van der Waals surface area contributed by atoms with Crippen LogP contribution in [0.2, 0.25) is 0 Å². The number of nitrogens with two attached hydrogens (primary N) is 1.